The zero-order chi connectivity index (χ0) is 18.1. The molecule has 9 heteroatoms. The van der Waals surface area contributed by atoms with E-state index in [1.54, 1.807) is 12.1 Å². The van der Waals surface area contributed by atoms with Crippen molar-refractivity contribution >= 4 is 28.1 Å². The van der Waals surface area contributed by atoms with Crippen LogP contribution in [0.4, 0.5) is 25.8 Å². The Balaban J connectivity index is 1.93. The van der Waals surface area contributed by atoms with E-state index in [0.717, 1.165) is 29.0 Å². The summed E-state index contributed by atoms with van der Waals surface area (Å²) in [6.07, 6.45) is 0. The van der Waals surface area contributed by atoms with Gasteiger partial charge < -0.3 is 14.6 Å². The van der Waals surface area contributed by atoms with Gasteiger partial charge in [-0.3, -0.25) is 10.1 Å². The highest BCUT2D eigenvalue weighted by molar-refractivity contribution is 5.81. The van der Waals surface area contributed by atoms with Gasteiger partial charge in [-0.25, -0.2) is 4.98 Å². The van der Waals surface area contributed by atoms with E-state index < -0.39 is 23.0 Å². The summed E-state index contributed by atoms with van der Waals surface area (Å²) in [5, 5.41) is 13.9. The summed E-state index contributed by atoms with van der Waals surface area (Å²) in [6, 6.07) is 9.18. The smallest absolute Gasteiger partial charge is 0.387 e. The van der Waals surface area contributed by atoms with Crippen LogP contribution in [0.1, 0.15) is 5.82 Å². The van der Waals surface area contributed by atoms with Gasteiger partial charge in [-0.2, -0.15) is 8.78 Å². The highest BCUT2D eigenvalue weighted by Crippen LogP contribution is 2.33. The Hall–Kier alpha value is -3.23. The average molecular weight is 348 g/mol. The van der Waals surface area contributed by atoms with Gasteiger partial charge in [0, 0.05) is 30.6 Å². The lowest BCUT2D eigenvalue weighted by molar-refractivity contribution is -0.386. The van der Waals surface area contributed by atoms with Crippen molar-refractivity contribution < 1.29 is 18.4 Å². The Bertz CT molecular complexity index is 956. The van der Waals surface area contributed by atoms with E-state index in [1.807, 2.05) is 24.6 Å². The maximum Gasteiger partial charge on any atom is 0.387 e. The first-order valence-electron chi connectivity index (χ1n) is 7.28. The number of hydrogen-bond donors (Lipinski definition) is 1. The number of nitro benzene ring substituents is 1. The fourth-order valence-electron chi connectivity index (χ4n) is 2.50. The molecule has 3 aromatic rings. The molecule has 0 aliphatic heterocycles. The minimum Gasteiger partial charge on any atom is -0.427 e. The normalized spacial score (nSPS) is 11.1. The average Bonchev–Trinajstić information content (AvgIpc) is 2.81. The van der Waals surface area contributed by atoms with Gasteiger partial charge in [0.2, 0.25) is 5.75 Å². The van der Waals surface area contributed by atoms with Gasteiger partial charge in [0.1, 0.15) is 5.82 Å². The van der Waals surface area contributed by atoms with Gasteiger partial charge in [-0.15, -0.1) is 0 Å². The number of fused-ring (bicyclic) bond motifs is 1. The third-order valence-corrected chi connectivity index (χ3v) is 3.77. The van der Waals surface area contributed by atoms with Crippen molar-refractivity contribution in [1.29, 1.82) is 0 Å². The number of halogens is 2. The van der Waals surface area contributed by atoms with Crippen LogP contribution >= 0.6 is 0 Å². The van der Waals surface area contributed by atoms with Crippen LogP contribution in [-0.2, 0) is 7.05 Å². The number of anilines is 2. The summed E-state index contributed by atoms with van der Waals surface area (Å²) in [5.74, 6) is 0.356. The molecule has 3 rings (SSSR count). The summed E-state index contributed by atoms with van der Waals surface area (Å²) in [6.45, 7) is -1.26. The molecule has 7 nitrogen and oxygen atoms in total. The van der Waals surface area contributed by atoms with Gasteiger partial charge in [0.25, 0.3) is 0 Å². The van der Waals surface area contributed by atoms with Crippen LogP contribution in [0.2, 0.25) is 0 Å². The molecular weight excluding hydrogens is 334 g/mol. The van der Waals surface area contributed by atoms with Crippen molar-refractivity contribution in [3.8, 4) is 5.75 Å². The number of hydrogen-bond acceptors (Lipinski definition) is 5. The quantitative estimate of drug-likeness (QED) is 0.554. The summed E-state index contributed by atoms with van der Waals surface area (Å²) >= 11 is 0. The molecule has 0 bridgehead atoms. The third-order valence-electron chi connectivity index (χ3n) is 3.77. The Kier molecular flexibility index (Phi) is 4.22. The van der Waals surface area contributed by atoms with Crippen LogP contribution in [0.25, 0.3) is 11.0 Å². The van der Waals surface area contributed by atoms with E-state index in [9.17, 15) is 18.9 Å². The molecular formula is C16H14F2N4O3. The van der Waals surface area contributed by atoms with E-state index in [4.69, 9.17) is 0 Å². The van der Waals surface area contributed by atoms with Crippen molar-refractivity contribution in [1.82, 2.24) is 9.55 Å². The van der Waals surface area contributed by atoms with Crippen LogP contribution in [0, 0.1) is 17.0 Å². The molecule has 0 unspecified atom stereocenters. The van der Waals surface area contributed by atoms with Crippen molar-refractivity contribution in [2.24, 2.45) is 7.05 Å². The second-order valence-corrected chi connectivity index (χ2v) is 5.36. The predicted octanol–water partition coefficient (Wildman–Crippen LogP) is 4.13. The van der Waals surface area contributed by atoms with Gasteiger partial charge in [-0.1, -0.05) is 0 Å². The molecule has 1 heterocycles. The van der Waals surface area contributed by atoms with Gasteiger partial charge in [0.15, 0.2) is 0 Å². The summed E-state index contributed by atoms with van der Waals surface area (Å²) < 4.78 is 31.1. The van der Waals surface area contributed by atoms with Crippen molar-refractivity contribution in [3.63, 3.8) is 0 Å². The van der Waals surface area contributed by atoms with Crippen LogP contribution in [0.3, 0.4) is 0 Å². The number of rotatable bonds is 5. The maximum absolute atomic E-state index is 12.5. The fraction of sp³-hybridized carbons (Fsp3) is 0.188. The fourth-order valence-corrected chi connectivity index (χ4v) is 2.50. The summed E-state index contributed by atoms with van der Waals surface area (Å²) in [5.41, 5.74) is 2.25. The molecule has 0 saturated heterocycles. The highest BCUT2D eigenvalue weighted by atomic mass is 19.3. The molecule has 0 atom stereocenters. The topological polar surface area (TPSA) is 82.2 Å². The van der Waals surface area contributed by atoms with Crippen LogP contribution in [-0.4, -0.2) is 21.1 Å². The van der Waals surface area contributed by atoms with E-state index in [1.165, 1.54) is 6.07 Å². The Morgan fingerprint density at radius 1 is 1.24 bits per heavy atom. The van der Waals surface area contributed by atoms with Crippen LogP contribution in [0.5, 0.6) is 5.75 Å². The predicted molar refractivity (Wildman–Crippen MR) is 88.5 cm³/mol. The van der Waals surface area contributed by atoms with Gasteiger partial charge in [0.05, 0.1) is 16.0 Å². The monoisotopic (exact) mass is 348 g/mol. The van der Waals surface area contributed by atoms with E-state index >= 15 is 0 Å². The number of aryl methyl sites for hydroxylation is 2. The highest BCUT2D eigenvalue weighted by Gasteiger charge is 2.19. The standard InChI is InChI=1S/C16H14F2N4O3/c1-9-19-12-7-10(3-5-13(12)21(9)2)20-11-4-6-14(22(23)24)15(8-11)25-16(17)18/h3-8,16,20H,1-2H3. The van der Waals surface area contributed by atoms with Crippen LogP contribution < -0.4 is 10.1 Å². The van der Waals surface area contributed by atoms with Crippen molar-refractivity contribution in [3.05, 3.63) is 52.3 Å². The van der Waals surface area contributed by atoms with E-state index in [-0.39, 0.29) is 0 Å². The number of nitro groups is 1. The minimum atomic E-state index is -3.15. The number of imidazole rings is 1. The van der Waals surface area contributed by atoms with E-state index in [0.29, 0.717) is 11.4 Å². The van der Waals surface area contributed by atoms with Gasteiger partial charge >= 0.3 is 12.3 Å². The lowest BCUT2D eigenvalue weighted by Gasteiger charge is -2.10. The molecule has 1 aromatic heterocycles. The largest absolute Gasteiger partial charge is 0.427 e. The Morgan fingerprint density at radius 3 is 2.60 bits per heavy atom. The second kappa shape index (κ2) is 6.34. The number of nitrogens with one attached hydrogen (secondary N) is 1. The molecule has 1 N–H and O–H groups in total. The summed E-state index contributed by atoms with van der Waals surface area (Å²) in [7, 11) is 1.90. The lowest BCUT2D eigenvalue weighted by Crippen LogP contribution is -2.05. The molecule has 2 aromatic carbocycles. The number of benzene rings is 2. The SMILES string of the molecule is Cc1nc2cc(Nc3ccc([N+](=O)[O-])c(OC(F)F)c3)ccc2n1C. The molecule has 25 heavy (non-hydrogen) atoms. The molecule has 0 amide bonds. The number of ether oxygens (including phenoxy) is 1. The molecule has 0 saturated carbocycles. The van der Waals surface area contributed by atoms with E-state index in [2.05, 4.69) is 15.0 Å². The van der Waals surface area contributed by atoms with Crippen molar-refractivity contribution in [2.75, 3.05) is 5.32 Å². The number of nitrogens with zero attached hydrogens (tertiary/aromatic N) is 3. The lowest BCUT2D eigenvalue weighted by atomic mass is 10.2. The molecule has 0 radical (unpaired) electrons. The molecule has 0 fully saturated rings. The molecule has 0 aliphatic rings. The zero-order valence-corrected chi connectivity index (χ0v) is 13.4. The number of alkyl halides is 2. The number of aromatic nitrogens is 2. The first-order chi connectivity index (χ1) is 11.8. The minimum absolute atomic E-state index is 0.383. The zero-order valence-electron chi connectivity index (χ0n) is 13.4. The van der Waals surface area contributed by atoms with Crippen LogP contribution in [0.15, 0.2) is 36.4 Å². The Morgan fingerprint density at radius 2 is 1.92 bits per heavy atom. The van der Waals surface area contributed by atoms with Gasteiger partial charge in [-0.05, 0) is 31.2 Å². The maximum atomic E-state index is 12.5. The molecule has 0 spiro atoms. The molecule has 0 aliphatic carbocycles. The molecule has 130 valence electrons. The summed E-state index contributed by atoms with van der Waals surface area (Å²) in [4.78, 5) is 14.5. The second-order valence-electron chi connectivity index (χ2n) is 5.36. The first kappa shape index (κ1) is 16.6. The first-order valence-corrected chi connectivity index (χ1v) is 7.28. The Labute approximate surface area is 141 Å². The third kappa shape index (κ3) is 3.35. The van der Waals surface area contributed by atoms with Crippen molar-refractivity contribution in [2.45, 2.75) is 13.5 Å².